The van der Waals surface area contributed by atoms with Crippen LogP contribution >= 0.6 is 0 Å². The highest BCUT2D eigenvalue weighted by atomic mass is 16.5. The number of hydrogen-bond acceptors (Lipinski definition) is 7. The number of nitrogens with one attached hydrogen (secondary N) is 3. The van der Waals surface area contributed by atoms with E-state index in [-0.39, 0.29) is 43.8 Å². The number of benzene rings is 3. The molecule has 12 heteroatoms. The molecule has 1 aliphatic heterocycles. The quantitative estimate of drug-likeness (QED) is 0.204. The summed E-state index contributed by atoms with van der Waals surface area (Å²) in [6.45, 7) is -0.437. The fourth-order valence-corrected chi connectivity index (χ4v) is 5.87. The van der Waals surface area contributed by atoms with Crippen LogP contribution in [0.3, 0.4) is 0 Å². The summed E-state index contributed by atoms with van der Waals surface area (Å²) < 4.78 is 16.4. The second kappa shape index (κ2) is 14.7. The van der Waals surface area contributed by atoms with Crippen LogP contribution in [0.5, 0.6) is 17.2 Å². The molecule has 4 amide bonds. The molecule has 1 aliphatic rings. The van der Waals surface area contributed by atoms with Crippen LogP contribution < -0.4 is 24.8 Å². The Morgan fingerprint density at radius 3 is 2.32 bits per heavy atom. The summed E-state index contributed by atoms with van der Waals surface area (Å²) >= 11 is 0. The number of hydrogen-bond donors (Lipinski definition) is 3. The highest BCUT2D eigenvalue weighted by Gasteiger charge is 2.35. The third-order valence-electron chi connectivity index (χ3n) is 8.15. The van der Waals surface area contributed by atoms with Gasteiger partial charge in [0.2, 0.25) is 29.4 Å². The maximum atomic E-state index is 14.0. The van der Waals surface area contributed by atoms with Crippen LogP contribution in [0.15, 0.2) is 72.9 Å². The van der Waals surface area contributed by atoms with Gasteiger partial charge in [-0.1, -0.05) is 48.5 Å². The third-order valence-corrected chi connectivity index (χ3v) is 8.15. The van der Waals surface area contributed by atoms with E-state index in [2.05, 4.69) is 15.6 Å². The van der Waals surface area contributed by atoms with Gasteiger partial charge in [0.1, 0.15) is 25.2 Å². The van der Waals surface area contributed by atoms with Gasteiger partial charge in [0.05, 0.1) is 21.3 Å². The number of methoxy groups -OCH3 is 3. The first-order valence-electron chi connectivity index (χ1n) is 15.2. The minimum atomic E-state index is -0.970. The van der Waals surface area contributed by atoms with Crippen LogP contribution in [0.1, 0.15) is 16.7 Å². The largest absolute Gasteiger partial charge is 0.493 e. The maximum absolute atomic E-state index is 14.0. The van der Waals surface area contributed by atoms with Crippen LogP contribution in [0.4, 0.5) is 0 Å². The molecule has 1 aromatic heterocycles. The van der Waals surface area contributed by atoms with Crippen molar-refractivity contribution >= 4 is 34.5 Å². The SMILES string of the molecule is COc1cc(CN(C)C(=O)C(Cc2c[nH]c3ccccc23)NC(=O)CN2CC(=O)NC(Cc3ccccc3)C2=O)cc(OC)c1OC. The second-order valence-corrected chi connectivity index (χ2v) is 11.4. The van der Waals surface area contributed by atoms with E-state index in [4.69, 9.17) is 14.2 Å². The molecule has 0 spiro atoms. The van der Waals surface area contributed by atoms with E-state index in [0.29, 0.717) is 23.7 Å². The minimum absolute atomic E-state index is 0.182. The summed E-state index contributed by atoms with van der Waals surface area (Å²) in [4.78, 5) is 59.3. The summed E-state index contributed by atoms with van der Waals surface area (Å²) in [5.74, 6) is -0.270. The zero-order chi connectivity index (χ0) is 33.5. The number of likely N-dealkylation sites (N-methyl/N-ethyl adjacent to an activating group) is 1. The van der Waals surface area contributed by atoms with E-state index in [1.54, 1.807) is 19.2 Å². The molecule has 246 valence electrons. The summed E-state index contributed by atoms with van der Waals surface area (Å²) in [7, 11) is 6.19. The minimum Gasteiger partial charge on any atom is -0.493 e. The first-order valence-corrected chi connectivity index (χ1v) is 15.2. The van der Waals surface area contributed by atoms with Crippen LogP contribution in [-0.2, 0) is 38.6 Å². The Morgan fingerprint density at radius 1 is 0.957 bits per heavy atom. The molecule has 47 heavy (non-hydrogen) atoms. The second-order valence-electron chi connectivity index (χ2n) is 11.4. The summed E-state index contributed by atoms with van der Waals surface area (Å²) in [6, 6.07) is 18.8. The molecule has 0 bridgehead atoms. The third kappa shape index (κ3) is 7.66. The Balaban J connectivity index is 1.34. The summed E-state index contributed by atoms with van der Waals surface area (Å²) in [5.41, 5.74) is 3.36. The summed E-state index contributed by atoms with van der Waals surface area (Å²) in [6.07, 6.45) is 2.32. The molecule has 2 atom stereocenters. The van der Waals surface area contributed by atoms with Crippen molar-refractivity contribution in [2.75, 3.05) is 41.5 Å². The van der Waals surface area contributed by atoms with Gasteiger partial charge in [0, 0.05) is 43.5 Å². The van der Waals surface area contributed by atoms with E-state index >= 15 is 0 Å². The van der Waals surface area contributed by atoms with Crippen LogP contribution in [0.2, 0.25) is 0 Å². The molecule has 1 saturated heterocycles. The molecule has 2 unspecified atom stereocenters. The fraction of sp³-hybridized carbons (Fsp3) is 0.314. The van der Waals surface area contributed by atoms with Crippen molar-refractivity contribution in [1.29, 1.82) is 0 Å². The Kier molecular flexibility index (Phi) is 10.3. The maximum Gasteiger partial charge on any atom is 0.246 e. The van der Waals surface area contributed by atoms with E-state index in [0.717, 1.165) is 27.6 Å². The molecular weight excluding hydrogens is 602 g/mol. The lowest BCUT2D eigenvalue weighted by Gasteiger charge is -2.32. The number of carbonyl (C=O) groups excluding carboxylic acids is 4. The van der Waals surface area contributed by atoms with Gasteiger partial charge in [-0.15, -0.1) is 0 Å². The number of aromatic nitrogens is 1. The number of aromatic amines is 1. The zero-order valence-electron chi connectivity index (χ0n) is 26.9. The first kappa shape index (κ1) is 32.9. The number of carbonyl (C=O) groups is 4. The normalized spacial score (nSPS) is 15.1. The zero-order valence-corrected chi connectivity index (χ0v) is 26.9. The lowest BCUT2D eigenvalue weighted by atomic mass is 10.0. The number of amides is 4. The van der Waals surface area contributed by atoms with Crippen molar-refractivity contribution in [1.82, 2.24) is 25.4 Å². The molecule has 0 radical (unpaired) electrons. The number of H-pyrrole nitrogens is 1. The van der Waals surface area contributed by atoms with Crippen molar-refractivity contribution in [2.45, 2.75) is 31.5 Å². The van der Waals surface area contributed by atoms with Gasteiger partial charge in [-0.3, -0.25) is 19.2 Å². The fourth-order valence-electron chi connectivity index (χ4n) is 5.87. The van der Waals surface area contributed by atoms with E-state index in [1.807, 2.05) is 60.8 Å². The Bertz CT molecular complexity index is 1730. The monoisotopic (exact) mass is 641 g/mol. The lowest BCUT2D eigenvalue weighted by Crippen LogP contribution is -2.61. The van der Waals surface area contributed by atoms with Crippen molar-refractivity contribution in [2.24, 2.45) is 0 Å². The first-order chi connectivity index (χ1) is 22.7. The van der Waals surface area contributed by atoms with Crippen LogP contribution in [-0.4, -0.2) is 92.0 Å². The molecule has 2 heterocycles. The predicted octanol–water partition coefficient (Wildman–Crippen LogP) is 2.45. The number of fused-ring (bicyclic) bond motifs is 1. The van der Waals surface area contributed by atoms with Crippen LogP contribution in [0, 0.1) is 0 Å². The number of rotatable bonds is 13. The smallest absolute Gasteiger partial charge is 0.246 e. The van der Waals surface area contributed by atoms with Crippen molar-refractivity contribution < 1.29 is 33.4 Å². The standard InChI is InChI=1S/C35H39N5O7/c1-39(19-23-15-29(45-2)33(47-4)30(16-23)46-3)34(43)28(17-24-18-36-26-13-9-8-12-25(24)26)38-32(42)21-40-20-31(41)37-27(35(40)44)14-22-10-6-5-7-11-22/h5-13,15-16,18,27-28,36H,14,17,19-21H2,1-4H3,(H,37,41)(H,38,42). The van der Waals surface area contributed by atoms with Gasteiger partial charge >= 0.3 is 0 Å². The Hall–Kier alpha value is -5.52. The molecule has 4 aromatic rings. The number of para-hydroxylation sites is 1. The van der Waals surface area contributed by atoms with Gasteiger partial charge in [0.15, 0.2) is 11.5 Å². The van der Waals surface area contributed by atoms with Crippen molar-refractivity contribution in [3.63, 3.8) is 0 Å². The van der Waals surface area contributed by atoms with Gasteiger partial charge in [-0.2, -0.15) is 0 Å². The van der Waals surface area contributed by atoms with E-state index < -0.39 is 18.0 Å². The van der Waals surface area contributed by atoms with Gasteiger partial charge in [-0.25, -0.2) is 0 Å². The van der Waals surface area contributed by atoms with Crippen molar-refractivity contribution in [3.8, 4) is 17.2 Å². The highest BCUT2D eigenvalue weighted by Crippen LogP contribution is 2.38. The van der Waals surface area contributed by atoms with Crippen LogP contribution in [0.25, 0.3) is 10.9 Å². The van der Waals surface area contributed by atoms with Gasteiger partial charge in [-0.05, 0) is 34.9 Å². The predicted molar refractivity (Wildman–Crippen MR) is 175 cm³/mol. The van der Waals surface area contributed by atoms with Crippen molar-refractivity contribution in [3.05, 3.63) is 89.6 Å². The van der Waals surface area contributed by atoms with Gasteiger partial charge in [0.25, 0.3) is 0 Å². The van der Waals surface area contributed by atoms with E-state index in [1.165, 1.54) is 31.1 Å². The topological polar surface area (TPSA) is 142 Å². The number of ether oxygens (including phenoxy) is 3. The summed E-state index contributed by atoms with van der Waals surface area (Å²) in [5, 5.41) is 6.52. The molecule has 0 saturated carbocycles. The molecule has 3 N–H and O–H groups in total. The Labute approximate surface area is 273 Å². The molecular formula is C35H39N5O7. The lowest BCUT2D eigenvalue weighted by molar-refractivity contribution is -0.146. The average molecular weight is 642 g/mol. The molecule has 3 aromatic carbocycles. The van der Waals surface area contributed by atoms with E-state index in [9.17, 15) is 19.2 Å². The molecule has 5 rings (SSSR count). The highest BCUT2D eigenvalue weighted by molar-refractivity contribution is 5.98. The number of piperazine rings is 1. The molecule has 1 fully saturated rings. The van der Waals surface area contributed by atoms with Gasteiger partial charge < -0.3 is 39.6 Å². The molecule has 0 aliphatic carbocycles. The Morgan fingerprint density at radius 2 is 1.64 bits per heavy atom. The number of nitrogens with zero attached hydrogens (tertiary/aromatic N) is 2. The molecule has 12 nitrogen and oxygen atoms in total. The average Bonchev–Trinajstić information content (AvgIpc) is 3.48.